The summed E-state index contributed by atoms with van der Waals surface area (Å²) < 4.78 is 7.32. The maximum Gasteiger partial charge on any atom is 0.355 e. The van der Waals surface area contributed by atoms with Crippen molar-refractivity contribution >= 4 is 45.1 Å². The molecular weight excluding hydrogens is 524 g/mol. The molecule has 1 amide bonds. The number of non-ortho nitro benzene ring substituents is 1. The van der Waals surface area contributed by atoms with Gasteiger partial charge in [0.1, 0.15) is 29.2 Å². The van der Waals surface area contributed by atoms with E-state index in [-0.39, 0.29) is 35.6 Å². The molecule has 5 rings (SSSR count). The Morgan fingerprint density at radius 2 is 1.92 bits per heavy atom. The van der Waals surface area contributed by atoms with Crippen LogP contribution in [-0.4, -0.2) is 54.1 Å². The van der Waals surface area contributed by atoms with Crippen LogP contribution in [0.4, 0.5) is 5.69 Å². The van der Waals surface area contributed by atoms with Gasteiger partial charge >= 0.3 is 5.97 Å². The monoisotopic (exact) mass is 552 g/mol. The van der Waals surface area contributed by atoms with Gasteiger partial charge in [-0.2, -0.15) is 0 Å². The number of carbonyl (C=O) groups is 3. The van der Waals surface area contributed by atoms with Crippen LogP contribution in [0, 0.1) is 27.4 Å². The van der Waals surface area contributed by atoms with Crippen molar-refractivity contribution in [3.8, 4) is 0 Å². The first kappa shape index (κ1) is 26.7. The minimum atomic E-state index is -0.892. The van der Waals surface area contributed by atoms with Crippen LogP contribution in [-0.2, 0) is 20.9 Å². The van der Waals surface area contributed by atoms with Gasteiger partial charge in [0, 0.05) is 35.2 Å². The van der Waals surface area contributed by atoms with Crippen LogP contribution in [0.15, 0.2) is 42.5 Å². The molecule has 1 fully saturated rings. The number of hydrogen-bond acceptors (Lipinski definition) is 9. The van der Waals surface area contributed by atoms with Gasteiger partial charge in [0.15, 0.2) is 5.78 Å². The lowest BCUT2D eigenvalue weighted by Gasteiger charge is -2.46. The molecule has 1 saturated heterocycles. The number of nitrogens with zero attached hydrogens (tertiary/aromatic N) is 4. The molecule has 0 aliphatic carbocycles. The van der Waals surface area contributed by atoms with E-state index in [1.165, 1.54) is 40.5 Å². The number of β-lactam (4-membered cyclic amide) rings is 1. The number of thiazole rings is 1. The summed E-state index contributed by atoms with van der Waals surface area (Å²) in [7, 11) is 0. The number of imidazole rings is 1. The van der Waals surface area contributed by atoms with Gasteiger partial charge in [0.2, 0.25) is 5.91 Å². The number of nitro benzene ring substituents is 1. The van der Waals surface area contributed by atoms with Crippen molar-refractivity contribution in [2.24, 2.45) is 17.3 Å². The van der Waals surface area contributed by atoms with Crippen molar-refractivity contribution in [2.45, 2.75) is 53.4 Å². The van der Waals surface area contributed by atoms with Gasteiger partial charge in [-0.25, -0.2) is 9.78 Å². The summed E-state index contributed by atoms with van der Waals surface area (Å²) in [5, 5.41) is 21.2. The van der Waals surface area contributed by atoms with Crippen molar-refractivity contribution in [3.05, 3.63) is 68.7 Å². The minimum absolute atomic E-state index is 0.0780. The summed E-state index contributed by atoms with van der Waals surface area (Å²) in [6, 6.07) is 5.24. The predicted octanol–water partition coefficient (Wildman–Crippen LogP) is 3.84. The zero-order valence-electron chi connectivity index (χ0n) is 22.1. The number of rotatable bonds is 7. The molecule has 11 nitrogen and oxygen atoms in total. The number of aliphatic hydroxyl groups is 1. The highest BCUT2D eigenvalue weighted by atomic mass is 32.1. The maximum atomic E-state index is 13.5. The number of nitro groups is 1. The molecule has 12 heteroatoms. The molecule has 4 atom stereocenters. The fourth-order valence-corrected chi connectivity index (χ4v) is 6.46. The Morgan fingerprint density at radius 3 is 2.51 bits per heavy atom. The van der Waals surface area contributed by atoms with Gasteiger partial charge in [0.25, 0.3) is 5.69 Å². The fourth-order valence-electron chi connectivity index (χ4n) is 5.25. The number of hydrogen-bond donors (Lipinski definition) is 1. The second-order valence-corrected chi connectivity index (χ2v) is 12.0. The molecule has 39 heavy (non-hydrogen) atoms. The predicted molar refractivity (Wildman–Crippen MR) is 142 cm³/mol. The Hall–Kier alpha value is -3.90. The van der Waals surface area contributed by atoms with Crippen molar-refractivity contribution < 1.29 is 29.2 Å². The molecule has 0 radical (unpaired) electrons. The largest absolute Gasteiger partial charge is 0.456 e. The molecule has 1 aromatic carbocycles. The number of fused-ring (bicyclic) bond motifs is 2. The normalized spacial score (nSPS) is 21.6. The zero-order chi connectivity index (χ0) is 28.4. The lowest BCUT2D eigenvalue weighted by molar-refractivity contribution is -0.384. The van der Waals surface area contributed by atoms with E-state index in [0.717, 1.165) is 0 Å². The van der Waals surface area contributed by atoms with Crippen LogP contribution in [0.5, 0.6) is 0 Å². The highest BCUT2D eigenvalue weighted by Gasteiger charge is 2.60. The van der Waals surface area contributed by atoms with E-state index in [9.17, 15) is 29.6 Å². The number of aliphatic hydroxyl groups excluding tert-OH is 1. The van der Waals surface area contributed by atoms with Crippen LogP contribution in [0.1, 0.15) is 55.5 Å². The summed E-state index contributed by atoms with van der Waals surface area (Å²) in [6.45, 7) is 8.78. The first-order valence-corrected chi connectivity index (χ1v) is 13.3. The van der Waals surface area contributed by atoms with E-state index in [1.54, 1.807) is 23.8 Å². The number of ether oxygens (including phenoxy) is 1. The third-order valence-electron chi connectivity index (χ3n) is 7.26. The molecule has 204 valence electrons. The van der Waals surface area contributed by atoms with Crippen molar-refractivity contribution in [2.75, 3.05) is 0 Å². The average Bonchev–Trinajstić information content (AvgIpc) is 3.51. The molecule has 0 bridgehead atoms. The highest BCUT2D eigenvalue weighted by Crippen LogP contribution is 2.52. The van der Waals surface area contributed by atoms with Gasteiger partial charge in [-0.05, 0) is 24.6 Å². The van der Waals surface area contributed by atoms with Crippen LogP contribution >= 0.6 is 11.3 Å². The topological polar surface area (TPSA) is 144 Å². The third kappa shape index (κ3) is 4.33. The van der Waals surface area contributed by atoms with Crippen LogP contribution in [0.3, 0.4) is 0 Å². The Balaban J connectivity index is 1.52. The summed E-state index contributed by atoms with van der Waals surface area (Å²) in [4.78, 5) is 57.0. The lowest BCUT2D eigenvalue weighted by Crippen LogP contribution is -2.63. The van der Waals surface area contributed by atoms with E-state index in [1.807, 2.05) is 27.7 Å². The molecule has 2 aliphatic rings. The molecule has 3 aromatic rings. The second-order valence-electron chi connectivity index (χ2n) is 11.0. The lowest BCUT2D eigenvalue weighted by atomic mass is 9.77. The van der Waals surface area contributed by atoms with Crippen molar-refractivity contribution in [3.63, 3.8) is 0 Å². The van der Waals surface area contributed by atoms with E-state index in [2.05, 4.69) is 4.98 Å². The van der Waals surface area contributed by atoms with E-state index in [0.29, 0.717) is 26.5 Å². The van der Waals surface area contributed by atoms with Crippen LogP contribution < -0.4 is 0 Å². The zero-order valence-corrected chi connectivity index (χ0v) is 22.9. The van der Waals surface area contributed by atoms with Gasteiger partial charge < -0.3 is 14.7 Å². The fraction of sp³-hybridized carbons (Fsp3) is 0.407. The van der Waals surface area contributed by atoms with Gasteiger partial charge in [-0.1, -0.05) is 27.7 Å². The molecule has 4 heterocycles. The number of aromatic nitrogens is 2. The number of ketones is 1. The van der Waals surface area contributed by atoms with Crippen molar-refractivity contribution in [1.29, 1.82) is 0 Å². The maximum absolute atomic E-state index is 13.5. The number of amides is 1. The van der Waals surface area contributed by atoms with E-state index < -0.39 is 34.4 Å². The first-order chi connectivity index (χ1) is 18.3. The smallest absolute Gasteiger partial charge is 0.355 e. The molecule has 0 saturated carbocycles. The SMILES string of the molecule is C[C@@H](O)[C@H]1C(=O)N2C(C(=O)OCc3ccc([N+](=O)[O-])cc3)=C(c3cn4cnc(C(=O)C(C)(C)C)c4s3)[C@H](C)[C@H]12. The molecule has 2 aromatic heterocycles. The van der Waals surface area contributed by atoms with E-state index in [4.69, 9.17) is 4.74 Å². The van der Waals surface area contributed by atoms with Crippen molar-refractivity contribution in [1.82, 2.24) is 14.3 Å². The molecule has 0 spiro atoms. The molecule has 2 aliphatic heterocycles. The Labute approximate surface area is 227 Å². The summed E-state index contributed by atoms with van der Waals surface area (Å²) in [6.07, 6.45) is 2.45. The third-order valence-corrected chi connectivity index (χ3v) is 8.40. The van der Waals surface area contributed by atoms with Gasteiger partial charge in [-0.3, -0.25) is 24.1 Å². The summed E-state index contributed by atoms with van der Waals surface area (Å²) in [5.41, 5.74) is 0.898. The Bertz CT molecular complexity index is 1540. The quantitative estimate of drug-likeness (QED) is 0.153. The van der Waals surface area contributed by atoms with Gasteiger partial charge in [-0.15, -0.1) is 11.3 Å². The van der Waals surface area contributed by atoms with Gasteiger partial charge in [0.05, 0.1) is 27.9 Å². The average molecular weight is 553 g/mol. The summed E-state index contributed by atoms with van der Waals surface area (Å²) >= 11 is 1.31. The first-order valence-electron chi connectivity index (χ1n) is 12.5. The minimum Gasteiger partial charge on any atom is -0.456 e. The Morgan fingerprint density at radius 1 is 1.26 bits per heavy atom. The Kier molecular flexibility index (Phi) is 6.42. The molecule has 1 N–H and O–H groups in total. The summed E-state index contributed by atoms with van der Waals surface area (Å²) in [5.74, 6) is -2.12. The number of carbonyl (C=O) groups excluding carboxylic acids is 3. The standard InChI is InChI=1S/C27H28N4O7S/c1-13-18(17-10-29-12-28-20(25(29)39-17)23(33)27(3,4)5)22(30-21(13)19(14(2)32)24(30)34)26(35)38-11-15-6-8-16(9-7-15)31(36)37/h6-10,12-14,19,21,32H,11H2,1-5H3/t13-,14+,19+,21+/m0/s1. The number of benzene rings is 1. The van der Waals surface area contributed by atoms with Crippen LogP contribution in [0.2, 0.25) is 0 Å². The number of esters is 1. The molecular formula is C27H28N4O7S. The molecule has 0 unspecified atom stereocenters. The van der Waals surface area contributed by atoms with Crippen LogP contribution in [0.25, 0.3) is 10.4 Å². The highest BCUT2D eigenvalue weighted by molar-refractivity contribution is 7.18. The second kappa shape index (κ2) is 9.38. The number of Topliss-reactive ketones (excluding diaryl/α,β-unsaturated/α-hetero) is 1. The van der Waals surface area contributed by atoms with E-state index >= 15 is 0 Å².